The van der Waals surface area contributed by atoms with Gasteiger partial charge in [0, 0.05) is 11.3 Å². The molecule has 0 saturated carbocycles. The molecule has 0 saturated heterocycles. The first-order valence-electron chi connectivity index (χ1n) is 4.34. The summed E-state index contributed by atoms with van der Waals surface area (Å²) in [4.78, 5) is -0.148. The number of nitrogen functional groups attached to an aromatic ring is 1. The Kier molecular flexibility index (Phi) is 3.16. The molecule has 82 valence electrons. The Labute approximate surface area is 89.2 Å². The smallest absolute Gasteiger partial charge is 0.294 e. The molecule has 1 aromatic rings. The molecule has 1 aromatic carbocycles. The lowest BCUT2D eigenvalue weighted by molar-refractivity contribution is 0.482. The van der Waals surface area contributed by atoms with Crippen LogP contribution in [0.3, 0.4) is 0 Å². The van der Waals surface area contributed by atoms with Crippen molar-refractivity contribution in [2.75, 3.05) is 5.73 Å². The van der Waals surface area contributed by atoms with E-state index >= 15 is 0 Å². The van der Waals surface area contributed by atoms with E-state index in [2.05, 4.69) is 6.58 Å². The van der Waals surface area contributed by atoms with E-state index < -0.39 is 10.1 Å². The molecule has 0 heterocycles. The molecule has 4 nitrogen and oxygen atoms in total. The van der Waals surface area contributed by atoms with E-state index in [1.54, 1.807) is 19.1 Å². The minimum Gasteiger partial charge on any atom is -0.398 e. The molecule has 0 radical (unpaired) electrons. The lowest BCUT2D eigenvalue weighted by Gasteiger charge is -2.10. The largest absolute Gasteiger partial charge is 0.398 e. The number of nitrogens with two attached hydrogens (primary N) is 1. The van der Waals surface area contributed by atoms with E-state index in [9.17, 15) is 8.42 Å². The molecule has 0 atom stereocenters. The van der Waals surface area contributed by atoms with Crippen molar-refractivity contribution in [3.8, 4) is 0 Å². The SMILES string of the molecule is C=CCc1c(S(=O)(=O)O)ccc(C)c1N. The van der Waals surface area contributed by atoms with Crippen LogP contribution in [0.4, 0.5) is 5.69 Å². The molecule has 0 aromatic heterocycles. The van der Waals surface area contributed by atoms with Gasteiger partial charge in [0.25, 0.3) is 10.1 Å². The summed E-state index contributed by atoms with van der Waals surface area (Å²) < 4.78 is 31.1. The normalized spacial score (nSPS) is 11.3. The fraction of sp³-hybridized carbons (Fsp3) is 0.200. The van der Waals surface area contributed by atoms with E-state index in [1.807, 2.05) is 0 Å². The van der Waals surface area contributed by atoms with Crippen LogP contribution in [0.25, 0.3) is 0 Å². The molecule has 0 aliphatic heterocycles. The summed E-state index contributed by atoms with van der Waals surface area (Å²) in [7, 11) is -4.22. The van der Waals surface area contributed by atoms with Gasteiger partial charge in [0.05, 0.1) is 4.90 Å². The number of hydrogen-bond acceptors (Lipinski definition) is 3. The van der Waals surface area contributed by atoms with Crippen LogP contribution in [0.1, 0.15) is 11.1 Å². The van der Waals surface area contributed by atoms with Crippen LogP contribution in [-0.4, -0.2) is 13.0 Å². The van der Waals surface area contributed by atoms with Gasteiger partial charge in [0.2, 0.25) is 0 Å². The quantitative estimate of drug-likeness (QED) is 0.466. The van der Waals surface area contributed by atoms with E-state index in [1.165, 1.54) is 6.07 Å². The van der Waals surface area contributed by atoms with Crippen LogP contribution in [0.2, 0.25) is 0 Å². The van der Waals surface area contributed by atoms with Gasteiger partial charge in [-0.1, -0.05) is 12.1 Å². The summed E-state index contributed by atoms with van der Waals surface area (Å²) in [5, 5.41) is 0. The second kappa shape index (κ2) is 4.04. The Morgan fingerprint density at radius 2 is 2.13 bits per heavy atom. The van der Waals surface area contributed by atoms with E-state index in [4.69, 9.17) is 10.3 Å². The Morgan fingerprint density at radius 1 is 1.53 bits per heavy atom. The maximum absolute atomic E-state index is 11.1. The van der Waals surface area contributed by atoms with E-state index in [0.717, 1.165) is 5.56 Å². The molecule has 15 heavy (non-hydrogen) atoms. The summed E-state index contributed by atoms with van der Waals surface area (Å²) in [6, 6.07) is 2.91. The van der Waals surface area contributed by atoms with Gasteiger partial charge in [0.15, 0.2) is 0 Å². The predicted molar refractivity (Wildman–Crippen MR) is 59.3 cm³/mol. The van der Waals surface area contributed by atoms with Crippen LogP contribution in [0.5, 0.6) is 0 Å². The number of hydrogen-bond donors (Lipinski definition) is 2. The first-order chi connectivity index (χ1) is 6.88. The van der Waals surface area contributed by atoms with Crippen molar-refractivity contribution in [1.82, 2.24) is 0 Å². The topological polar surface area (TPSA) is 80.4 Å². The zero-order valence-corrected chi connectivity index (χ0v) is 9.21. The van der Waals surface area contributed by atoms with Gasteiger partial charge in [0.1, 0.15) is 0 Å². The Balaban J connectivity index is 3.53. The van der Waals surface area contributed by atoms with Crippen LogP contribution < -0.4 is 5.73 Å². The number of aryl methyl sites for hydroxylation is 1. The zero-order chi connectivity index (χ0) is 11.6. The first kappa shape index (κ1) is 11.7. The van der Waals surface area contributed by atoms with Crippen LogP contribution >= 0.6 is 0 Å². The average molecular weight is 227 g/mol. The summed E-state index contributed by atoms with van der Waals surface area (Å²) in [5.74, 6) is 0. The molecule has 0 fully saturated rings. The molecule has 0 amide bonds. The molecule has 0 unspecified atom stereocenters. The van der Waals surface area contributed by atoms with Gasteiger partial charge in [-0.15, -0.1) is 6.58 Å². The van der Waals surface area contributed by atoms with Crippen molar-refractivity contribution in [2.45, 2.75) is 18.2 Å². The Hall–Kier alpha value is -1.33. The number of benzene rings is 1. The molecule has 0 aliphatic rings. The van der Waals surface area contributed by atoms with Gasteiger partial charge < -0.3 is 5.73 Å². The van der Waals surface area contributed by atoms with Crippen molar-refractivity contribution >= 4 is 15.8 Å². The molecular formula is C10H13NO3S. The molecule has 0 aliphatic carbocycles. The van der Waals surface area contributed by atoms with Crippen LogP contribution in [0.15, 0.2) is 29.7 Å². The fourth-order valence-electron chi connectivity index (χ4n) is 1.36. The molecule has 0 bridgehead atoms. The number of anilines is 1. The van der Waals surface area contributed by atoms with Crippen molar-refractivity contribution < 1.29 is 13.0 Å². The maximum atomic E-state index is 11.1. The summed E-state index contributed by atoms with van der Waals surface area (Å²) in [5.41, 5.74) is 7.30. The van der Waals surface area contributed by atoms with Crippen molar-refractivity contribution in [3.05, 3.63) is 35.9 Å². The van der Waals surface area contributed by atoms with Crippen molar-refractivity contribution in [3.63, 3.8) is 0 Å². The summed E-state index contributed by atoms with van der Waals surface area (Å²) in [6.07, 6.45) is 1.85. The van der Waals surface area contributed by atoms with E-state index in [0.29, 0.717) is 17.7 Å². The van der Waals surface area contributed by atoms with Gasteiger partial charge in [-0.2, -0.15) is 8.42 Å². The third kappa shape index (κ3) is 2.37. The predicted octanol–water partition coefficient (Wildman–Crippen LogP) is 1.55. The second-order valence-electron chi connectivity index (χ2n) is 3.24. The molecule has 0 spiro atoms. The zero-order valence-electron chi connectivity index (χ0n) is 8.40. The van der Waals surface area contributed by atoms with Gasteiger partial charge in [-0.05, 0) is 25.0 Å². The molecule has 1 rings (SSSR count). The monoisotopic (exact) mass is 227 g/mol. The average Bonchev–Trinajstić information content (AvgIpc) is 2.11. The molecule has 5 heteroatoms. The Bertz CT molecular complexity index is 492. The fourth-order valence-corrected chi connectivity index (χ4v) is 2.10. The minimum absolute atomic E-state index is 0.148. The highest BCUT2D eigenvalue weighted by molar-refractivity contribution is 7.85. The molecular weight excluding hydrogens is 214 g/mol. The minimum atomic E-state index is -4.22. The third-order valence-corrected chi connectivity index (χ3v) is 3.10. The highest BCUT2D eigenvalue weighted by atomic mass is 32.2. The standard InChI is InChI=1S/C10H13NO3S/c1-3-4-8-9(15(12,13)14)6-5-7(2)10(8)11/h3,5-6H,1,4,11H2,2H3,(H,12,13,14). The van der Waals surface area contributed by atoms with Gasteiger partial charge in [-0.3, -0.25) is 4.55 Å². The second-order valence-corrected chi connectivity index (χ2v) is 4.63. The van der Waals surface area contributed by atoms with E-state index in [-0.39, 0.29) is 4.90 Å². The third-order valence-electron chi connectivity index (χ3n) is 2.16. The Morgan fingerprint density at radius 3 is 2.60 bits per heavy atom. The van der Waals surface area contributed by atoms with Gasteiger partial charge in [-0.25, -0.2) is 0 Å². The number of allylic oxidation sites excluding steroid dienone is 1. The molecule has 3 N–H and O–H groups in total. The number of rotatable bonds is 3. The van der Waals surface area contributed by atoms with Gasteiger partial charge >= 0.3 is 0 Å². The highest BCUT2D eigenvalue weighted by Crippen LogP contribution is 2.25. The summed E-state index contributed by atoms with van der Waals surface area (Å²) in [6.45, 7) is 5.29. The van der Waals surface area contributed by atoms with Crippen LogP contribution in [0, 0.1) is 6.92 Å². The highest BCUT2D eigenvalue weighted by Gasteiger charge is 2.17. The lowest BCUT2D eigenvalue weighted by Crippen LogP contribution is -2.07. The first-order valence-corrected chi connectivity index (χ1v) is 5.78. The lowest BCUT2D eigenvalue weighted by atomic mass is 10.1. The summed E-state index contributed by atoms with van der Waals surface area (Å²) >= 11 is 0. The van der Waals surface area contributed by atoms with Crippen LogP contribution in [-0.2, 0) is 16.5 Å². The van der Waals surface area contributed by atoms with Crippen molar-refractivity contribution in [2.24, 2.45) is 0 Å². The maximum Gasteiger partial charge on any atom is 0.294 e. The van der Waals surface area contributed by atoms with Crippen molar-refractivity contribution in [1.29, 1.82) is 0 Å².